The van der Waals surface area contributed by atoms with E-state index in [1.54, 1.807) is 11.3 Å². The monoisotopic (exact) mass is 477 g/mol. The molecular weight excluding hydrogens is 442 g/mol. The minimum absolute atomic E-state index is 0.0192. The molecular formula is C28H35N3O2S. The first kappa shape index (κ1) is 23.2. The molecule has 1 aromatic carbocycles. The van der Waals surface area contributed by atoms with Crippen molar-refractivity contribution >= 4 is 33.4 Å². The average molecular weight is 478 g/mol. The second kappa shape index (κ2) is 9.21. The average Bonchev–Trinajstić information content (AvgIpc) is 3.42. The van der Waals surface area contributed by atoms with Gasteiger partial charge in [0.25, 0.3) is 5.91 Å². The molecule has 0 radical (unpaired) electrons. The summed E-state index contributed by atoms with van der Waals surface area (Å²) in [5.41, 5.74) is 2.09. The second-order valence-corrected chi connectivity index (χ2v) is 11.4. The number of fused-ring (bicyclic) bond motifs is 3. The quantitative estimate of drug-likeness (QED) is 0.510. The normalized spacial score (nSPS) is 27.1. The molecule has 5 rings (SSSR count). The summed E-state index contributed by atoms with van der Waals surface area (Å²) in [6.07, 6.45) is 5.08. The third kappa shape index (κ3) is 4.06. The lowest BCUT2D eigenvalue weighted by Crippen LogP contribution is -2.65. The van der Waals surface area contributed by atoms with Gasteiger partial charge in [-0.25, -0.2) is 0 Å². The van der Waals surface area contributed by atoms with Crippen LogP contribution in [0.3, 0.4) is 0 Å². The van der Waals surface area contributed by atoms with Crippen LogP contribution in [0.15, 0.2) is 47.8 Å². The number of carbonyl (C=O) groups is 2. The van der Waals surface area contributed by atoms with E-state index in [2.05, 4.69) is 47.3 Å². The highest BCUT2D eigenvalue weighted by molar-refractivity contribution is 7.17. The van der Waals surface area contributed by atoms with Crippen molar-refractivity contribution in [3.8, 4) is 0 Å². The Morgan fingerprint density at radius 2 is 1.97 bits per heavy atom. The molecule has 2 aliphatic rings. The predicted octanol–water partition coefficient (Wildman–Crippen LogP) is 5.49. The summed E-state index contributed by atoms with van der Waals surface area (Å²) in [6.45, 7) is 7.54. The van der Waals surface area contributed by atoms with Crippen molar-refractivity contribution in [1.82, 2.24) is 14.8 Å². The van der Waals surface area contributed by atoms with Crippen LogP contribution < -0.4 is 5.32 Å². The van der Waals surface area contributed by atoms with E-state index in [-0.39, 0.29) is 17.9 Å². The molecule has 3 heterocycles. The van der Waals surface area contributed by atoms with E-state index < -0.39 is 5.54 Å². The van der Waals surface area contributed by atoms with Crippen LogP contribution in [0.4, 0.5) is 0 Å². The second-order valence-electron chi connectivity index (χ2n) is 10.5. The summed E-state index contributed by atoms with van der Waals surface area (Å²) in [6, 6.07) is 14.6. The fourth-order valence-electron chi connectivity index (χ4n) is 5.82. The highest BCUT2D eigenvalue weighted by Crippen LogP contribution is 2.36. The Morgan fingerprint density at radius 1 is 1.18 bits per heavy atom. The molecule has 1 aliphatic heterocycles. The molecule has 0 bridgehead atoms. The van der Waals surface area contributed by atoms with Crippen molar-refractivity contribution in [2.45, 2.75) is 71.0 Å². The lowest BCUT2D eigenvalue weighted by Gasteiger charge is -2.45. The van der Waals surface area contributed by atoms with Crippen molar-refractivity contribution in [1.29, 1.82) is 0 Å². The minimum Gasteiger partial charge on any atom is -0.351 e. The number of rotatable bonds is 6. The van der Waals surface area contributed by atoms with Gasteiger partial charge in [0.15, 0.2) is 0 Å². The molecule has 1 N–H and O–H groups in total. The standard InChI is InChI=1S/C28H35N3O2S/c1-19-9-7-13-22(20(19)2)29-27(33)28(3)18-30-23-14-16-34-25(23)17-24(30)26(32)31(28)15-8-12-21-10-5-4-6-11-21/h4-6,10-11,14,16-17,19-20,22H,7-9,12-13,15,18H2,1-3H3,(H,29,33)/t19-,20-,22+,28+/m1/s1. The van der Waals surface area contributed by atoms with Crippen molar-refractivity contribution in [2.75, 3.05) is 6.54 Å². The number of amides is 2. The number of nitrogens with zero attached hydrogens (tertiary/aromatic N) is 2. The summed E-state index contributed by atoms with van der Waals surface area (Å²) in [4.78, 5) is 29.6. The summed E-state index contributed by atoms with van der Waals surface area (Å²) in [5, 5.41) is 5.44. The third-order valence-electron chi connectivity index (χ3n) is 8.25. The van der Waals surface area contributed by atoms with Crippen LogP contribution >= 0.6 is 11.3 Å². The molecule has 2 aromatic heterocycles. The van der Waals surface area contributed by atoms with Crippen LogP contribution in [0.25, 0.3) is 10.2 Å². The zero-order valence-electron chi connectivity index (χ0n) is 20.4. The number of benzene rings is 1. The molecule has 1 saturated carbocycles. The number of aryl methyl sites for hydroxylation is 1. The van der Waals surface area contributed by atoms with Crippen LogP contribution in [-0.2, 0) is 17.8 Å². The maximum Gasteiger partial charge on any atom is 0.271 e. The van der Waals surface area contributed by atoms with Gasteiger partial charge in [0.2, 0.25) is 5.91 Å². The van der Waals surface area contributed by atoms with Gasteiger partial charge in [-0.05, 0) is 61.1 Å². The van der Waals surface area contributed by atoms with Crippen LogP contribution in [-0.4, -0.2) is 39.4 Å². The first-order valence-corrected chi connectivity index (χ1v) is 13.5. The van der Waals surface area contributed by atoms with E-state index in [4.69, 9.17) is 0 Å². The Hall–Kier alpha value is -2.60. The maximum absolute atomic E-state index is 13.9. The van der Waals surface area contributed by atoms with Crippen LogP contribution in [0.1, 0.15) is 62.5 Å². The lowest BCUT2D eigenvalue weighted by atomic mass is 9.77. The molecule has 6 heteroatoms. The molecule has 3 aromatic rings. The number of thiophene rings is 1. The van der Waals surface area contributed by atoms with Gasteiger partial charge >= 0.3 is 0 Å². The van der Waals surface area contributed by atoms with Crippen molar-refractivity contribution in [3.05, 3.63) is 59.1 Å². The Bertz CT molecular complexity index is 1180. The van der Waals surface area contributed by atoms with Gasteiger partial charge in [-0.3, -0.25) is 9.59 Å². The minimum atomic E-state index is -0.922. The molecule has 0 saturated heterocycles. The fraction of sp³-hybridized carbons (Fsp3) is 0.500. The van der Waals surface area contributed by atoms with E-state index in [0.29, 0.717) is 30.6 Å². The van der Waals surface area contributed by atoms with E-state index in [1.165, 1.54) is 12.0 Å². The van der Waals surface area contributed by atoms with Crippen molar-refractivity contribution < 1.29 is 9.59 Å². The largest absolute Gasteiger partial charge is 0.351 e. The highest BCUT2D eigenvalue weighted by atomic mass is 32.1. The van der Waals surface area contributed by atoms with Crippen LogP contribution in [0.5, 0.6) is 0 Å². The first-order chi connectivity index (χ1) is 16.4. The number of hydrogen-bond donors (Lipinski definition) is 1. The van der Waals surface area contributed by atoms with Gasteiger partial charge < -0.3 is 14.8 Å². The molecule has 5 nitrogen and oxygen atoms in total. The predicted molar refractivity (Wildman–Crippen MR) is 138 cm³/mol. The zero-order valence-corrected chi connectivity index (χ0v) is 21.2. The maximum atomic E-state index is 13.9. The van der Waals surface area contributed by atoms with E-state index in [1.807, 2.05) is 36.1 Å². The number of nitrogens with one attached hydrogen (secondary N) is 1. The number of aromatic nitrogens is 1. The molecule has 180 valence electrons. The summed E-state index contributed by atoms with van der Waals surface area (Å²) < 4.78 is 3.17. The van der Waals surface area contributed by atoms with E-state index in [0.717, 1.165) is 35.9 Å². The van der Waals surface area contributed by atoms with Crippen molar-refractivity contribution in [3.63, 3.8) is 0 Å². The molecule has 1 fully saturated rings. The van der Waals surface area contributed by atoms with Crippen molar-refractivity contribution in [2.24, 2.45) is 11.8 Å². The Kier molecular flexibility index (Phi) is 6.28. The van der Waals surface area contributed by atoms with Gasteiger partial charge in [0.05, 0.1) is 16.8 Å². The van der Waals surface area contributed by atoms with Gasteiger partial charge in [0, 0.05) is 12.6 Å². The summed E-state index contributed by atoms with van der Waals surface area (Å²) in [7, 11) is 0. The van der Waals surface area contributed by atoms with Gasteiger partial charge in [0.1, 0.15) is 11.2 Å². The molecule has 0 unspecified atom stereocenters. The van der Waals surface area contributed by atoms with Crippen LogP contribution in [0.2, 0.25) is 0 Å². The summed E-state index contributed by atoms with van der Waals surface area (Å²) in [5.74, 6) is 0.987. The first-order valence-electron chi connectivity index (χ1n) is 12.6. The Balaban J connectivity index is 1.42. The smallest absolute Gasteiger partial charge is 0.271 e. The Labute approximate surface area is 206 Å². The van der Waals surface area contributed by atoms with Gasteiger partial charge in [-0.2, -0.15) is 0 Å². The molecule has 0 spiro atoms. The van der Waals surface area contributed by atoms with Crippen LogP contribution in [0, 0.1) is 11.8 Å². The topological polar surface area (TPSA) is 54.3 Å². The van der Waals surface area contributed by atoms with Gasteiger partial charge in [-0.1, -0.05) is 57.0 Å². The lowest BCUT2D eigenvalue weighted by molar-refractivity contribution is -0.134. The number of carbonyl (C=O) groups excluding carboxylic acids is 2. The molecule has 1 aliphatic carbocycles. The highest BCUT2D eigenvalue weighted by Gasteiger charge is 2.48. The SMILES string of the molecule is C[C@@H]1[C@H](C)CCC[C@@H]1NC(=O)[C@]1(C)Cn2c(cc3sccc32)C(=O)N1CCCc1ccccc1. The third-order valence-corrected chi connectivity index (χ3v) is 9.10. The molecule has 34 heavy (non-hydrogen) atoms. The van der Waals surface area contributed by atoms with Gasteiger partial charge in [-0.15, -0.1) is 11.3 Å². The number of hydrogen-bond acceptors (Lipinski definition) is 3. The van der Waals surface area contributed by atoms with E-state index >= 15 is 0 Å². The Morgan fingerprint density at radius 3 is 2.76 bits per heavy atom. The van der Waals surface area contributed by atoms with E-state index in [9.17, 15) is 9.59 Å². The zero-order chi connectivity index (χ0) is 23.9. The molecule has 2 amide bonds. The fourth-order valence-corrected chi connectivity index (χ4v) is 6.64. The summed E-state index contributed by atoms with van der Waals surface area (Å²) >= 11 is 1.64. The molecule has 4 atom stereocenters.